The van der Waals surface area contributed by atoms with Crippen LogP contribution in [0.4, 0.5) is 0 Å². The molecule has 128 valence electrons. The fourth-order valence-corrected chi connectivity index (χ4v) is 4.41. The van der Waals surface area contributed by atoms with Crippen LogP contribution in [0.1, 0.15) is 20.8 Å². The summed E-state index contributed by atoms with van der Waals surface area (Å²) in [5, 5.41) is 0. The average Bonchev–Trinajstić information content (AvgIpc) is 2.66. The van der Waals surface area contributed by atoms with Crippen LogP contribution in [0.15, 0.2) is 99.6 Å². The van der Waals surface area contributed by atoms with E-state index in [2.05, 4.69) is 48.5 Å². The lowest BCUT2D eigenvalue weighted by atomic mass is 10.3. The quantitative estimate of drug-likeness (QED) is 0.341. The highest BCUT2D eigenvalue weighted by Crippen LogP contribution is 2.31. The summed E-state index contributed by atoms with van der Waals surface area (Å²) < 4.78 is 5.12. The Morgan fingerprint density at radius 1 is 0.680 bits per heavy atom. The number of esters is 1. The Morgan fingerprint density at radius 2 is 1.08 bits per heavy atom. The van der Waals surface area contributed by atoms with Crippen LogP contribution in [-0.4, -0.2) is 5.97 Å². The Balaban J connectivity index is 0.00000109. The van der Waals surface area contributed by atoms with Crippen LogP contribution in [0, 0.1) is 0 Å². The lowest BCUT2D eigenvalue weighted by molar-refractivity contribution is -0.131. The summed E-state index contributed by atoms with van der Waals surface area (Å²) in [5.41, 5.74) is 0. The van der Waals surface area contributed by atoms with Crippen molar-refractivity contribution < 1.29 is 9.53 Å². The van der Waals surface area contributed by atoms with Crippen molar-refractivity contribution in [1.29, 1.82) is 0 Å². The van der Waals surface area contributed by atoms with Gasteiger partial charge >= 0.3 is 5.97 Å². The van der Waals surface area contributed by atoms with Crippen molar-refractivity contribution in [2.45, 2.75) is 35.5 Å². The van der Waals surface area contributed by atoms with Crippen LogP contribution in [-0.2, 0) is 15.7 Å². The molecule has 0 amide bonds. The zero-order valence-corrected chi connectivity index (χ0v) is 15.6. The van der Waals surface area contributed by atoms with E-state index in [1.165, 1.54) is 21.6 Å². The minimum Gasteiger partial charge on any atom is -0.427 e. The smallest absolute Gasteiger partial charge is 0.308 e. The molecule has 2 nitrogen and oxygen atoms in total. The molecule has 0 unspecified atom stereocenters. The third-order valence-electron chi connectivity index (χ3n) is 3.28. The Morgan fingerprint density at radius 3 is 1.48 bits per heavy atom. The largest absolute Gasteiger partial charge is 0.427 e. The number of rotatable bonds is 4. The molecule has 0 N–H and O–H groups in total. The monoisotopic (exact) mass is 351 g/mol. The van der Waals surface area contributed by atoms with E-state index in [0.717, 1.165) is 0 Å². The van der Waals surface area contributed by atoms with Gasteiger partial charge in [-0.25, -0.2) is 0 Å². The lowest BCUT2D eigenvalue weighted by Crippen LogP contribution is -2.05. The van der Waals surface area contributed by atoms with Gasteiger partial charge in [0.25, 0.3) is 0 Å². The number of carbonyl (C=O) groups excluding carboxylic acids is 1. The standard InChI is InChI=1S/C20H17O2S.C2H6/c1-16(21)22-17-12-14-20(15-13-17)23(18-8-4-2-5-9-18)19-10-6-3-7-11-19;1-2/h2-15H,1H3;1-2H3/q+1;. The Bertz CT molecular complexity index is 729. The van der Waals surface area contributed by atoms with Gasteiger partial charge in [-0.05, 0) is 48.5 Å². The third-order valence-corrected chi connectivity index (χ3v) is 5.51. The molecule has 0 aliphatic carbocycles. The van der Waals surface area contributed by atoms with Crippen molar-refractivity contribution in [2.24, 2.45) is 0 Å². The summed E-state index contributed by atoms with van der Waals surface area (Å²) >= 11 is 0. The van der Waals surface area contributed by atoms with Gasteiger partial charge in [0, 0.05) is 6.92 Å². The first-order valence-electron chi connectivity index (χ1n) is 8.37. The average molecular weight is 351 g/mol. The Kier molecular flexibility index (Phi) is 7.30. The molecule has 0 aliphatic rings. The molecule has 25 heavy (non-hydrogen) atoms. The van der Waals surface area contributed by atoms with Gasteiger partial charge in [-0.2, -0.15) is 0 Å². The molecule has 0 bridgehead atoms. The van der Waals surface area contributed by atoms with Crippen molar-refractivity contribution >= 4 is 16.9 Å². The van der Waals surface area contributed by atoms with Crippen molar-refractivity contribution in [3.63, 3.8) is 0 Å². The number of hydrogen-bond donors (Lipinski definition) is 0. The molecular weight excluding hydrogens is 328 g/mol. The van der Waals surface area contributed by atoms with Gasteiger partial charge in [0.05, 0.1) is 10.9 Å². The fourth-order valence-electron chi connectivity index (χ4n) is 2.33. The van der Waals surface area contributed by atoms with Crippen molar-refractivity contribution in [2.75, 3.05) is 0 Å². The van der Waals surface area contributed by atoms with Crippen LogP contribution >= 0.6 is 0 Å². The predicted molar refractivity (Wildman–Crippen MR) is 104 cm³/mol. The summed E-state index contributed by atoms with van der Waals surface area (Å²) in [4.78, 5) is 14.8. The molecular formula is C22H23O2S+. The fraction of sp³-hybridized carbons (Fsp3) is 0.136. The highest BCUT2D eigenvalue weighted by atomic mass is 32.2. The van der Waals surface area contributed by atoms with E-state index < -0.39 is 0 Å². The summed E-state index contributed by atoms with van der Waals surface area (Å²) in [7, 11) is -0.176. The molecule has 3 aromatic rings. The molecule has 0 fully saturated rings. The van der Waals surface area contributed by atoms with E-state index in [0.29, 0.717) is 5.75 Å². The summed E-state index contributed by atoms with van der Waals surface area (Å²) in [6, 6.07) is 28.7. The van der Waals surface area contributed by atoms with E-state index in [1.807, 2.05) is 50.2 Å². The second kappa shape index (κ2) is 9.70. The van der Waals surface area contributed by atoms with Crippen LogP contribution < -0.4 is 4.74 Å². The van der Waals surface area contributed by atoms with E-state index in [4.69, 9.17) is 4.74 Å². The first-order chi connectivity index (χ1) is 12.2. The van der Waals surface area contributed by atoms with Gasteiger partial charge in [-0.3, -0.25) is 4.79 Å². The molecule has 0 heterocycles. The SMILES string of the molecule is CC.CC(=O)Oc1ccc([S+](c2ccccc2)c2ccccc2)cc1. The summed E-state index contributed by atoms with van der Waals surface area (Å²) in [6.07, 6.45) is 0. The van der Waals surface area contributed by atoms with Gasteiger partial charge in [-0.15, -0.1) is 0 Å². The van der Waals surface area contributed by atoms with E-state index in [1.54, 1.807) is 0 Å². The molecule has 0 saturated heterocycles. The van der Waals surface area contributed by atoms with E-state index >= 15 is 0 Å². The van der Waals surface area contributed by atoms with Crippen LogP contribution in [0.2, 0.25) is 0 Å². The second-order valence-electron chi connectivity index (χ2n) is 5.00. The Labute approximate surface area is 152 Å². The highest BCUT2D eigenvalue weighted by molar-refractivity contribution is 7.97. The number of benzene rings is 3. The Hall–Kier alpha value is -2.52. The first-order valence-corrected chi connectivity index (χ1v) is 9.59. The minimum absolute atomic E-state index is 0.176. The normalized spacial score (nSPS) is 9.92. The zero-order chi connectivity index (χ0) is 18.1. The minimum atomic E-state index is -0.303. The number of carbonyl (C=O) groups is 1. The van der Waals surface area contributed by atoms with Crippen LogP contribution in [0.5, 0.6) is 5.75 Å². The van der Waals surface area contributed by atoms with Crippen molar-refractivity contribution in [1.82, 2.24) is 0 Å². The van der Waals surface area contributed by atoms with E-state index in [9.17, 15) is 4.79 Å². The van der Waals surface area contributed by atoms with Gasteiger partial charge in [0.2, 0.25) is 0 Å². The van der Waals surface area contributed by atoms with Crippen LogP contribution in [0.25, 0.3) is 0 Å². The van der Waals surface area contributed by atoms with Gasteiger partial charge in [0.15, 0.2) is 14.7 Å². The van der Waals surface area contributed by atoms with Gasteiger partial charge < -0.3 is 4.74 Å². The molecule has 0 radical (unpaired) electrons. The molecule has 3 heteroatoms. The maximum atomic E-state index is 11.1. The molecule has 0 saturated carbocycles. The summed E-state index contributed by atoms with van der Waals surface area (Å²) in [6.45, 7) is 5.41. The van der Waals surface area contributed by atoms with Crippen LogP contribution in [0.3, 0.4) is 0 Å². The van der Waals surface area contributed by atoms with E-state index in [-0.39, 0.29) is 16.9 Å². The molecule has 0 atom stereocenters. The maximum Gasteiger partial charge on any atom is 0.308 e. The predicted octanol–water partition coefficient (Wildman–Crippen LogP) is 5.73. The molecule has 3 aromatic carbocycles. The maximum absolute atomic E-state index is 11.1. The number of ether oxygens (including phenoxy) is 1. The third kappa shape index (κ3) is 5.23. The molecule has 0 aliphatic heterocycles. The van der Waals surface area contributed by atoms with Crippen molar-refractivity contribution in [3.8, 4) is 5.75 Å². The van der Waals surface area contributed by atoms with Gasteiger partial charge in [0.1, 0.15) is 5.75 Å². The topological polar surface area (TPSA) is 26.3 Å². The molecule has 3 rings (SSSR count). The summed E-state index contributed by atoms with van der Waals surface area (Å²) in [5.74, 6) is 0.272. The lowest BCUT2D eigenvalue weighted by Gasteiger charge is -2.08. The molecule has 0 aromatic heterocycles. The number of hydrogen-bond acceptors (Lipinski definition) is 2. The first kappa shape index (κ1) is 18.8. The highest BCUT2D eigenvalue weighted by Gasteiger charge is 2.28. The molecule has 0 spiro atoms. The second-order valence-corrected chi connectivity index (χ2v) is 7.02. The van der Waals surface area contributed by atoms with Gasteiger partial charge in [-0.1, -0.05) is 50.2 Å². The van der Waals surface area contributed by atoms with Crippen molar-refractivity contribution in [3.05, 3.63) is 84.9 Å². The zero-order valence-electron chi connectivity index (χ0n) is 14.8.